The van der Waals surface area contributed by atoms with E-state index >= 15 is 0 Å². The number of hydrogen-bond acceptors (Lipinski definition) is 3. The molecular formula is C7H12BrN3O2S. The molecule has 0 aliphatic carbocycles. The number of nitrogens with one attached hydrogen (secondary N) is 1. The van der Waals surface area contributed by atoms with Gasteiger partial charge in [-0.15, -0.1) is 0 Å². The van der Waals surface area contributed by atoms with Gasteiger partial charge in [-0.05, 0) is 15.9 Å². The van der Waals surface area contributed by atoms with Crippen LogP contribution < -0.4 is 5.14 Å². The highest BCUT2D eigenvalue weighted by atomic mass is 79.9. The lowest BCUT2D eigenvalue weighted by Crippen LogP contribution is -2.16. The Kier molecular flexibility index (Phi) is 2.77. The number of sulfonamides is 1. The molecule has 0 aliphatic heterocycles. The molecule has 0 fully saturated rings. The van der Waals surface area contributed by atoms with Crippen molar-refractivity contribution in [3.63, 3.8) is 0 Å². The van der Waals surface area contributed by atoms with E-state index in [-0.39, 0.29) is 15.0 Å². The minimum atomic E-state index is -3.74. The van der Waals surface area contributed by atoms with Crippen molar-refractivity contribution in [3.05, 3.63) is 10.4 Å². The average Bonchev–Trinajstić information content (AvgIpc) is 2.27. The Bertz CT molecular complexity index is 444. The van der Waals surface area contributed by atoms with Crippen LogP contribution in [0.25, 0.3) is 0 Å². The van der Waals surface area contributed by atoms with Crippen molar-refractivity contribution in [2.24, 2.45) is 5.14 Å². The smallest absolute Gasteiger partial charge is 0.256 e. The van der Waals surface area contributed by atoms with Gasteiger partial charge in [0.15, 0.2) is 5.03 Å². The van der Waals surface area contributed by atoms with Crippen molar-refractivity contribution in [2.75, 3.05) is 0 Å². The van der Waals surface area contributed by atoms with E-state index < -0.39 is 10.0 Å². The Labute approximate surface area is 91.3 Å². The Morgan fingerprint density at radius 2 is 1.93 bits per heavy atom. The molecule has 80 valence electrons. The molecule has 14 heavy (non-hydrogen) atoms. The van der Waals surface area contributed by atoms with Gasteiger partial charge in [-0.2, -0.15) is 0 Å². The van der Waals surface area contributed by atoms with Gasteiger partial charge in [-0.3, -0.25) is 0 Å². The fraction of sp³-hybridized carbons (Fsp3) is 0.571. The fourth-order valence-corrected chi connectivity index (χ4v) is 2.35. The Balaban J connectivity index is 3.33. The zero-order valence-electron chi connectivity index (χ0n) is 8.13. The monoisotopic (exact) mass is 281 g/mol. The van der Waals surface area contributed by atoms with Crippen molar-refractivity contribution >= 4 is 26.0 Å². The molecule has 0 aromatic carbocycles. The van der Waals surface area contributed by atoms with Crippen LogP contribution in [-0.4, -0.2) is 18.4 Å². The molecule has 5 nitrogen and oxygen atoms in total. The molecule has 3 N–H and O–H groups in total. The summed E-state index contributed by atoms with van der Waals surface area (Å²) >= 11 is 3.04. The molecule has 0 atom stereocenters. The highest BCUT2D eigenvalue weighted by molar-refractivity contribution is 9.10. The number of nitrogens with zero attached hydrogens (tertiary/aromatic N) is 1. The van der Waals surface area contributed by atoms with E-state index in [0.717, 1.165) is 0 Å². The van der Waals surface area contributed by atoms with Gasteiger partial charge in [0.2, 0.25) is 0 Å². The summed E-state index contributed by atoms with van der Waals surface area (Å²) < 4.78 is 22.4. The maximum absolute atomic E-state index is 11.1. The second-order valence-electron chi connectivity index (χ2n) is 4.00. The van der Waals surface area contributed by atoms with Crippen LogP contribution >= 0.6 is 15.9 Å². The Morgan fingerprint density at radius 1 is 1.43 bits per heavy atom. The Morgan fingerprint density at radius 3 is 2.14 bits per heavy atom. The number of nitrogens with two attached hydrogens (primary N) is 1. The molecule has 1 aromatic heterocycles. The molecule has 0 saturated carbocycles. The van der Waals surface area contributed by atoms with E-state index in [0.29, 0.717) is 5.82 Å². The molecule has 0 spiro atoms. The molecule has 0 unspecified atom stereocenters. The summed E-state index contributed by atoms with van der Waals surface area (Å²) in [6.07, 6.45) is 0. The van der Waals surface area contributed by atoms with Crippen LogP contribution in [0.15, 0.2) is 9.63 Å². The highest BCUT2D eigenvalue weighted by Gasteiger charge is 2.24. The van der Waals surface area contributed by atoms with Gasteiger partial charge in [0.1, 0.15) is 10.4 Å². The molecule has 7 heteroatoms. The van der Waals surface area contributed by atoms with Crippen molar-refractivity contribution < 1.29 is 8.42 Å². The molecule has 1 rings (SSSR count). The first-order valence-electron chi connectivity index (χ1n) is 3.91. The van der Waals surface area contributed by atoms with Crippen LogP contribution in [0.1, 0.15) is 26.6 Å². The average molecular weight is 282 g/mol. The quantitative estimate of drug-likeness (QED) is 0.808. The molecule has 1 heterocycles. The lowest BCUT2D eigenvalue weighted by Gasteiger charge is -2.13. The van der Waals surface area contributed by atoms with Crippen LogP contribution in [0.5, 0.6) is 0 Å². The summed E-state index contributed by atoms with van der Waals surface area (Å²) in [5, 5.41) is 4.90. The minimum absolute atomic E-state index is 0.0811. The fourth-order valence-electron chi connectivity index (χ4n) is 0.880. The summed E-state index contributed by atoms with van der Waals surface area (Å²) in [5.41, 5.74) is -0.245. The number of primary sulfonamides is 1. The summed E-state index contributed by atoms with van der Waals surface area (Å²) in [6, 6.07) is 0. The molecule has 1 aromatic rings. The maximum atomic E-state index is 11.1. The molecule has 0 bridgehead atoms. The molecule has 0 saturated heterocycles. The summed E-state index contributed by atoms with van der Waals surface area (Å²) in [7, 11) is -3.74. The van der Waals surface area contributed by atoms with E-state index in [9.17, 15) is 8.42 Å². The lowest BCUT2D eigenvalue weighted by atomic mass is 9.96. The first-order chi connectivity index (χ1) is 6.12. The third-order valence-corrected chi connectivity index (χ3v) is 3.32. The number of rotatable bonds is 1. The van der Waals surface area contributed by atoms with E-state index in [4.69, 9.17) is 5.14 Å². The van der Waals surface area contributed by atoms with Crippen molar-refractivity contribution in [2.45, 2.75) is 31.2 Å². The normalized spacial score (nSPS) is 13.2. The molecular weight excluding hydrogens is 270 g/mol. The summed E-state index contributed by atoms with van der Waals surface area (Å²) in [5.74, 6) is 0.577. The Hall–Kier alpha value is -0.400. The topological polar surface area (TPSA) is 88.8 Å². The number of halogens is 1. The van der Waals surface area contributed by atoms with Crippen LogP contribution in [0, 0.1) is 0 Å². The summed E-state index contributed by atoms with van der Waals surface area (Å²) in [6.45, 7) is 5.77. The number of H-pyrrole nitrogens is 1. The highest BCUT2D eigenvalue weighted by Crippen LogP contribution is 2.25. The summed E-state index contributed by atoms with van der Waals surface area (Å²) in [4.78, 5) is 6.74. The third kappa shape index (κ3) is 2.34. The number of aromatic amines is 1. The second-order valence-corrected chi connectivity index (χ2v) is 6.25. The van der Waals surface area contributed by atoms with Crippen LogP contribution in [-0.2, 0) is 15.4 Å². The van der Waals surface area contributed by atoms with Gasteiger partial charge in [0.05, 0.1) is 0 Å². The third-order valence-electron chi connectivity index (χ3n) is 1.62. The van der Waals surface area contributed by atoms with Gasteiger partial charge in [0.25, 0.3) is 10.0 Å². The van der Waals surface area contributed by atoms with Gasteiger partial charge in [0, 0.05) is 5.41 Å². The minimum Gasteiger partial charge on any atom is -0.331 e. The predicted octanol–water partition coefficient (Wildman–Crippen LogP) is 1.12. The molecule has 0 radical (unpaired) electrons. The zero-order valence-corrected chi connectivity index (χ0v) is 10.5. The first-order valence-corrected chi connectivity index (χ1v) is 6.25. The van der Waals surface area contributed by atoms with Gasteiger partial charge in [-0.25, -0.2) is 18.5 Å². The predicted molar refractivity (Wildman–Crippen MR) is 56.4 cm³/mol. The molecule has 0 amide bonds. The first kappa shape index (κ1) is 11.7. The zero-order chi connectivity index (χ0) is 11.1. The SMILES string of the molecule is CC(C)(C)c1nc(Br)c(S(N)(=O)=O)[nH]1. The number of imidazole rings is 1. The largest absolute Gasteiger partial charge is 0.331 e. The van der Waals surface area contributed by atoms with Crippen molar-refractivity contribution in [3.8, 4) is 0 Å². The van der Waals surface area contributed by atoms with Gasteiger partial charge in [-0.1, -0.05) is 20.8 Å². The van der Waals surface area contributed by atoms with E-state index in [2.05, 4.69) is 25.9 Å². The number of hydrogen-bond donors (Lipinski definition) is 2. The standard InChI is InChI=1S/C7H12BrN3O2S/c1-7(2,3)6-10-4(8)5(11-6)14(9,12)13/h1-3H3,(H,10,11)(H2,9,12,13). The lowest BCUT2D eigenvalue weighted by molar-refractivity contribution is 0.548. The van der Waals surface area contributed by atoms with Gasteiger partial charge < -0.3 is 4.98 Å². The van der Waals surface area contributed by atoms with Crippen LogP contribution in [0.4, 0.5) is 0 Å². The molecule has 0 aliphatic rings. The maximum Gasteiger partial charge on any atom is 0.256 e. The van der Waals surface area contributed by atoms with Crippen LogP contribution in [0.3, 0.4) is 0 Å². The van der Waals surface area contributed by atoms with Crippen LogP contribution in [0.2, 0.25) is 0 Å². The second kappa shape index (κ2) is 3.32. The van der Waals surface area contributed by atoms with E-state index in [1.807, 2.05) is 20.8 Å². The van der Waals surface area contributed by atoms with Crippen molar-refractivity contribution in [1.29, 1.82) is 0 Å². The van der Waals surface area contributed by atoms with E-state index in [1.54, 1.807) is 0 Å². The number of aromatic nitrogens is 2. The van der Waals surface area contributed by atoms with Gasteiger partial charge >= 0.3 is 0 Å². The van der Waals surface area contributed by atoms with Crippen molar-refractivity contribution in [1.82, 2.24) is 9.97 Å². The van der Waals surface area contributed by atoms with E-state index in [1.165, 1.54) is 0 Å².